The SMILES string of the molecule is CCOC(=O)[CH-]S(=O)(=O)c1ccccc1.[Na+]. The van der Waals surface area contributed by atoms with Gasteiger partial charge in [-0.15, -0.1) is 0 Å². The van der Waals surface area contributed by atoms with E-state index in [0.717, 1.165) is 0 Å². The number of esters is 1. The van der Waals surface area contributed by atoms with Crippen LogP contribution in [0.2, 0.25) is 0 Å². The van der Waals surface area contributed by atoms with E-state index in [1.807, 2.05) is 0 Å². The monoisotopic (exact) mass is 250 g/mol. The van der Waals surface area contributed by atoms with E-state index in [0.29, 0.717) is 5.75 Å². The maximum absolute atomic E-state index is 11.6. The van der Waals surface area contributed by atoms with Crippen molar-refractivity contribution in [1.82, 2.24) is 0 Å². The van der Waals surface area contributed by atoms with Gasteiger partial charge >= 0.3 is 29.6 Å². The topological polar surface area (TPSA) is 60.4 Å². The minimum absolute atomic E-state index is 0. The number of carbonyl (C=O) groups is 1. The fourth-order valence-corrected chi connectivity index (χ4v) is 1.98. The molecule has 0 saturated heterocycles. The Balaban J connectivity index is 0.00000225. The van der Waals surface area contributed by atoms with E-state index >= 15 is 0 Å². The van der Waals surface area contributed by atoms with Crippen LogP contribution in [-0.2, 0) is 19.4 Å². The Morgan fingerprint density at radius 3 is 2.38 bits per heavy atom. The van der Waals surface area contributed by atoms with Gasteiger partial charge in [0.05, 0.1) is 16.4 Å². The fraction of sp³-hybridized carbons (Fsp3) is 0.200. The quantitative estimate of drug-likeness (QED) is 0.359. The Hall–Kier alpha value is -0.490. The van der Waals surface area contributed by atoms with Crippen LogP contribution in [0.1, 0.15) is 6.92 Å². The summed E-state index contributed by atoms with van der Waals surface area (Å²) >= 11 is 0. The average Bonchev–Trinajstić information content (AvgIpc) is 2.18. The minimum Gasteiger partial charge on any atom is -0.487 e. The Bertz CT molecular complexity index is 427. The van der Waals surface area contributed by atoms with E-state index in [9.17, 15) is 13.2 Å². The van der Waals surface area contributed by atoms with Gasteiger partial charge in [-0.1, -0.05) is 18.2 Å². The van der Waals surface area contributed by atoms with Crippen molar-refractivity contribution in [2.24, 2.45) is 0 Å². The zero-order valence-electron chi connectivity index (χ0n) is 9.21. The molecule has 0 N–H and O–H groups in total. The molecular formula is C10H11NaO4S. The van der Waals surface area contributed by atoms with E-state index in [1.54, 1.807) is 25.1 Å². The van der Waals surface area contributed by atoms with Crippen molar-refractivity contribution < 1.29 is 47.5 Å². The zero-order valence-corrected chi connectivity index (χ0v) is 12.0. The second-order valence-electron chi connectivity index (χ2n) is 2.73. The van der Waals surface area contributed by atoms with Crippen molar-refractivity contribution in [3.63, 3.8) is 0 Å². The van der Waals surface area contributed by atoms with Crippen molar-refractivity contribution in [3.8, 4) is 0 Å². The molecule has 0 fully saturated rings. The van der Waals surface area contributed by atoms with Crippen molar-refractivity contribution in [2.75, 3.05) is 6.61 Å². The van der Waals surface area contributed by atoms with Gasteiger partial charge in [0.25, 0.3) is 0 Å². The number of benzene rings is 1. The van der Waals surface area contributed by atoms with Crippen LogP contribution in [0.5, 0.6) is 0 Å². The summed E-state index contributed by atoms with van der Waals surface area (Å²) in [6.45, 7) is 1.76. The summed E-state index contributed by atoms with van der Waals surface area (Å²) in [7, 11) is -3.68. The molecule has 0 spiro atoms. The molecule has 4 nitrogen and oxygen atoms in total. The van der Waals surface area contributed by atoms with Crippen LogP contribution >= 0.6 is 0 Å². The summed E-state index contributed by atoms with van der Waals surface area (Å²) in [6.07, 6.45) is 0. The second-order valence-corrected chi connectivity index (χ2v) is 4.53. The Morgan fingerprint density at radius 1 is 1.31 bits per heavy atom. The molecule has 0 atom stereocenters. The molecule has 0 bridgehead atoms. The number of sulfone groups is 1. The maximum Gasteiger partial charge on any atom is 1.00 e. The third-order valence-corrected chi connectivity index (χ3v) is 3.04. The Labute approximate surface area is 117 Å². The van der Waals surface area contributed by atoms with Gasteiger partial charge in [0.2, 0.25) is 0 Å². The fourth-order valence-electron chi connectivity index (χ4n) is 0.981. The normalized spacial score (nSPS) is 10.1. The van der Waals surface area contributed by atoms with E-state index in [2.05, 4.69) is 4.74 Å². The largest absolute Gasteiger partial charge is 1.00 e. The summed E-state index contributed by atoms with van der Waals surface area (Å²) in [6, 6.07) is 7.72. The molecule has 0 radical (unpaired) electrons. The molecule has 0 amide bonds. The molecule has 1 aromatic rings. The molecule has 0 aliphatic heterocycles. The number of hydrogen-bond donors (Lipinski definition) is 0. The van der Waals surface area contributed by atoms with Gasteiger partial charge in [0.15, 0.2) is 5.97 Å². The van der Waals surface area contributed by atoms with Gasteiger partial charge < -0.3 is 4.74 Å². The molecule has 0 aliphatic carbocycles. The van der Waals surface area contributed by atoms with Gasteiger partial charge in [0.1, 0.15) is 0 Å². The third kappa shape index (κ3) is 4.57. The van der Waals surface area contributed by atoms with Crippen LogP contribution < -0.4 is 29.6 Å². The standard InChI is InChI=1S/C10H11O4S.Na/c1-2-14-10(11)8-15(12,13)9-6-4-3-5-7-9;/h3-8H,2H2,1H3;/q-1;+1. The van der Waals surface area contributed by atoms with Crippen LogP contribution in [0.4, 0.5) is 0 Å². The average molecular weight is 250 g/mol. The number of ether oxygens (including phenoxy) is 1. The first kappa shape index (κ1) is 15.5. The summed E-state index contributed by atoms with van der Waals surface area (Å²) in [5.41, 5.74) is 0. The van der Waals surface area contributed by atoms with E-state index in [-0.39, 0.29) is 41.1 Å². The molecule has 0 heterocycles. The molecule has 16 heavy (non-hydrogen) atoms. The minimum atomic E-state index is -3.68. The van der Waals surface area contributed by atoms with Crippen LogP contribution in [0.15, 0.2) is 35.2 Å². The molecule has 0 unspecified atom stereocenters. The van der Waals surface area contributed by atoms with Crippen LogP contribution in [0.25, 0.3) is 0 Å². The van der Waals surface area contributed by atoms with Gasteiger partial charge in [0, 0.05) is 4.90 Å². The van der Waals surface area contributed by atoms with E-state index in [1.165, 1.54) is 12.1 Å². The Morgan fingerprint density at radius 2 is 1.88 bits per heavy atom. The Kier molecular flexibility index (Phi) is 6.74. The predicted molar refractivity (Wildman–Crippen MR) is 54.6 cm³/mol. The molecule has 0 aromatic heterocycles. The number of hydrogen-bond acceptors (Lipinski definition) is 4. The first-order valence-corrected chi connectivity index (χ1v) is 5.92. The van der Waals surface area contributed by atoms with Crippen LogP contribution in [-0.4, -0.2) is 21.0 Å². The second kappa shape index (κ2) is 6.96. The van der Waals surface area contributed by atoms with Gasteiger partial charge in [-0.25, -0.2) is 0 Å². The molecular weight excluding hydrogens is 239 g/mol. The maximum atomic E-state index is 11.6. The molecule has 0 saturated carbocycles. The molecule has 82 valence electrons. The van der Waals surface area contributed by atoms with Gasteiger partial charge in [-0.2, -0.15) is 5.75 Å². The van der Waals surface area contributed by atoms with Crippen molar-refractivity contribution in [1.29, 1.82) is 0 Å². The van der Waals surface area contributed by atoms with Crippen molar-refractivity contribution in [2.45, 2.75) is 11.8 Å². The van der Waals surface area contributed by atoms with E-state index in [4.69, 9.17) is 0 Å². The summed E-state index contributed by atoms with van der Waals surface area (Å²) in [4.78, 5) is 11.1. The van der Waals surface area contributed by atoms with Crippen molar-refractivity contribution in [3.05, 3.63) is 36.1 Å². The van der Waals surface area contributed by atoms with Crippen molar-refractivity contribution >= 4 is 15.8 Å². The zero-order chi connectivity index (χ0) is 11.3. The first-order valence-electron chi connectivity index (χ1n) is 4.38. The number of rotatable bonds is 4. The van der Waals surface area contributed by atoms with Crippen LogP contribution in [0, 0.1) is 5.75 Å². The third-order valence-electron chi connectivity index (χ3n) is 1.61. The summed E-state index contributed by atoms with van der Waals surface area (Å²) in [5, 5.41) is 0. The molecule has 1 aromatic carbocycles. The number of carbonyl (C=O) groups excluding carboxylic acids is 1. The molecule has 0 aliphatic rings. The summed E-state index contributed by atoms with van der Waals surface area (Å²) in [5.74, 6) is -0.257. The first-order chi connectivity index (χ1) is 7.06. The molecule has 1 rings (SSSR count). The smallest absolute Gasteiger partial charge is 0.487 e. The van der Waals surface area contributed by atoms with Crippen LogP contribution in [0.3, 0.4) is 0 Å². The van der Waals surface area contributed by atoms with Gasteiger partial charge in [-0.3, -0.25) is 13.2 Å². The van der Waals surface area contributed by atoms with Gasteiger partial charge in [-0.05, 0) is 19.1 Å². The van der Waals surface area contributed by atoms with E-state index < -0.39 is 15.8 Å². The molecule has 6 heteroatoms. The predicted octanol–water partition coefficient (Wildman–Crippen LogP) is -1.81. The summed E-state index contributed by atoms with van der Waals surface area (Å²) < 4.78 is 27.6.